The molecule has 0 bridgehead atoms. The Balaban J connectivity index is 2.08. The molecule has 1 fully saturated rings. The molecule has 1 heterocycles. The summed E-state index contributed by atoms with van der Waals surface area (Å²) < 4.78 is 11.3. The molecule has 0 amide bonds. The molecule has 1 aliphatic carbocycles. The van der Waals surface area contributed by atoms with Crippen LogP contribution in [0.5, 0.6) is 0 Å². The minimum absolute atomic E-state index is 0.0471. The first kappa shape index (κ1) is 16.3. The highest BCUT2D eigenvalue weighted by Crippen LogP contribution is 2.44. The first-order valence-electron chi connectivity index (χ1n) is 7.98. The lowest BCUT2D eigenvalue weighted by Crippen LogP contribution is -2.35. The van der Waals surface area contributed by atoms with Gasteiger partial charge in [0.05, 0.1) is 30.6 Å². The van der Waals surface area contributed by atoms with E-state index >= 15 is 0 Å². The van der Waals surface area contributed by atoms with Crippen molar-refractivity contribution in [3.63, 3.8) is 0 Å². The molecule has 2 atom stereocenters. The molecule has 2 unspecified atom stereocenters. The summed E-state index contributed by atoms with van der Waals surface area (Å²) in [6.07, 6.45) is 0.125. The van der Waals surface area contributed by atoms with Crippen molar-refractivity contribution in [1.82, 2.24) is 16.0 Å². The molecule has 3 rings (SSSR count). The minimum Gasteiger partial charge on any atom is -0.389 e. The zero-order valence-electron chi connectivity index (χ0n) is 13.8. The van der Waals surface area contributed by atoms with Crippen molar-refractivity contribution in [2.75, 3.05) is 34.4 Å². The number of ether oxygens (including phenoxy) is 2. The molecule has 0 aromatic heterocycles. The van der Waals surface area contributed by atoms with Gasteiger partial charge in [-0.25, -0.2) is 0 Å². The highest BCUT2D eigenvalue weighted by atomic mass is 16.7. The lowest BCUT2D eigenvalue weighted by molar-refractivity contribution is -0.0482. The maximum atomic E-state index is 11.6. The summed E-state index contributed by atoms with van der Waals surface area (Å²) in [5.74, 6) is 0. The standard InChI is InChI=1S/C17H25N3O3/c1-18-13-10-17(21,15(20-3)14(13)19-2)12-7-5-4-6-11(12)16-22-8-9-23-16/h4-7,13,16,18-21H,8-10H2,1-3H3. The van der Waals surface area contributed by atoms with Crippen LogP contribution in [0.1, 0.15) is 23.8 Å². The van der Waals surface area contributed by atoms with Gasteiger partial charge in [-0.3, -0.25) is 0 Å². The van der Waals surface area contributed by atoms with Crippen molar-refractivity contribution in [2.45, 2.75) is 24.4 Å². The van der Waals surface area contributed by atoms with Crippen LogP contribution >= 0.6 is 0 Å². The van der Waals surface area contributed by atoms with Crippen molar-refractivity contribution < 1.29 is 14.6 Å². The van der Waals surface area contributed by atoms with E-state index < -0.39 is 11.9 Å². The monoisotopic (exact) mass is 319 g/mol. The van der Waals surface area contributed by atoms with E-state index in [2.05, 4.69) is 16.0 Å². The molecule has 0 saturated carbocycles. The topological polar surface area (TPSA) is 74.8 Å². The maximum absolute atomic E-state index is 11.6. The Morgan fingerprint density at radius 3 is 2.39 bits per heavy atom. The molecule has 0 spiro atoms. The Morgan fingerprint density at radius 2 is 1.78 bits per heavy atom. The van der Waals surface area contributed by atoms with Gasteiger partial charge < -0.3 is 30.5 Å². The van der Waals surface area contributed by atoms with Gasteiger partial charge in [0.25, 0.3) is 0 Å². The number of nitrogens with one attached hydrogen (secondary N) is 3. The van der Waals surface area contributed by atoms with Crippen molar-refractivity contribution in [3.8, 4) is 0 Å². The molecule has 126 valence electrons. The van der Waals surface area contributed by atoms with Crippen LogP contribution in [-0.4, -0.2) is 45.5 Å². The quantitative estimate of drug-likeness (QED) is 0.636. The van der Waals surface area contributed by atoms with Gasteiger partial charge in [-0.15, -0.1) is 0 Å². The first-order valence-corrected chi connectivity index (χ1v) is 7.98. The molecular weight excluding hydrogens is 294 g/mol. The van der Waals surface area contributed by atoms with Gasteiger partial charge in [-0.2, -0.15) is 0 Å². The van der Waals surface area contributed by atoms with E-state index in [0.29, 0.717) is 19.6 Å². The number of benzene rings is 1. The second-order valence-corrected chi connectivity index (χ2v) is 5.86. The zero-order valence-corrected chi connectivity index (χ0v) is 13.8. The van der Waals surface area contributed by atoms with Crippen LogP contribution in [0.3, 0.4) is 0 Å². The fourth-order valence-corrected chi connectivity index (χ4v) is 3.65. The van der Waals surface area contributed by atoms with Crippen molar-refractivity contribution in [1.29, 1.82) is 0 Å². The number of rotatable bonds is 5. The summed E-state index contributed by atoms with van der Waals surface area (Å²) in [4.78, 5) is 0. The van der Waals surface area contributed by atoms with Gasteiger partial charge in [0.2, 0.25) is 0 Å². The smallest absolute Gasteiger partial charge is 0.184 e. The van der Waals surface area contributed by atoms with Gasteiger partial charge in [0, 0.05) is 26.1 Å². The Labute approximate surface area is 136 Å². The van der Waals surface area contributed by atoms with Gasteiger partial charge in [-0.1, -0.05) is 24.3 Å². The molecule has 1 aromatic rings. The molecular formula is C17H25N3O3. The van der Waals surface area contributed by atoms with Crippen LogP contribution in [0.25, 0.3) is 0 Å². The Morgan fingerprint density at radius 1 is 1.09 bits per heavy atom. The van der Waals surface area contributed by atoms with Gasteiger partial charge in [0.1, 0.15) is 5.60 Å². The molecule has 1 aliphatic heterocycles. The largest absolute Gasteiger partial charge is 0.389 e. The molecule has 6 heteroatoms. The minimum atomic E-state index is -1.12. The Bertz CT molecular complexity index is 599. The van der Waals surface area contributed by atoms with Crippen LogP contribution in [0.4, 0.5) is 0 Å². The third kappa shape index (κ3) is 2.61. The second-order valence-electron chi connectivity index (χ2n) is 5.86. The Hall–Kier alpha value is -1.60. The van der Waals surface area contributed by atoms with E-state index in [0.717, 1.165) is 22.5 Å². The second kappa shape index (κ2) is 6.49. The first-order chi connectivity index (χ1) is 11.2. The summed E-state index contributed by atoms with van der Waals surface area (Å²) in [6.45, 7) is 1.15. The zero-order chi connectivity index (χ0) is 16.4. The van der Waals surface area contributed by atoms with Gasteiger partial charge in [0.15, 0.2) is 6.29 Å². The lowest BCUT2D eigenvalue weighted by Gasteiger charge is -2.30. The fourth-order valence-electron chi connectivity index (χ4n) is 3.65. The third-order valence-corrected chi connectivity index (χ3v) is 4.68. The fraction of sp³-hybridized carbons (Fsp3) is 0.529. The van der Waals surface area contributed by atoms with E-state index in [9.17, 15) is 5.11 Å². The number of hydrogen-bond acceptors (Lipinski definition) is 6. The number of hydrogen-bond donors (Lipinski definition) is 4. The molecule has 1 saturated heterocycles. The number of likely N-dealkylation sites (N-methyl/N-ethyl adjacent to an activating group) is 3. The van der Waals surface area contributed by atoms with Crippen LogP contribution in [-0.2, 0) is 15.1 Å². The van der Waals surface area contributed by atoms with E-state index in [1.807, 2.05) is 45.4 Å². The van der Waals surface area contributed by atoms with E-state index in [1.54, 1.807) is 0 Å². The molecule has 1 aromatic carbocycles. The van der Waals surface area contributed by atoms with Crippen LogP contribution in [0.15, 0.2) is 35.7 Å². The summed E-state index contributed by atoms with van der Waals surface area (Å²) in [5.41, 5.74) is 2.34. The van der Waals surface area contributed by atoms with Crippen molar-refractivity contribution in [2.24, 2.45) is 0 Å². The van der Waals surface area contributed by atoms with Crippen molar-refractivity contribution in [3.05, 3.63) is 46.8 Å². The molecule has 4 N–H and O–H groups in total. The van der Waals surface area contributed by atoms with E-state index in [4.69, 9.17) is 9.47 Å². The van der Waals surface area contributed by atoms with Crippen LogP contribution in [0, 0.1) is 0 Å². The average Bonchev–Trinajstić information content (AvgIpc) is 3.20. The van der Waals surface area contributed by atoms with E-state index in [-0.39, 0.29) is 6.04 Å². The highest BCUT2D eigenvalue weighted by Gasteiger charge is 2.47. The predicted octanol–water partition coefficient (Wildman–Crippen LogP) is 0.562. The van der Waals surface area contributed by atoms with Crippen LogP contribution < -0.4 is 16.0 Å². The summed E-state index contributed by atoms with van der Waals surface area (Å²) in [6, 6.07) is 7.83. The summed E-state index contributed by atoms with van der Waals surface area (Å²) in [7, 11) is 5.61. The van der Waals surface area contributed by atoms with Gasteiger partial charge >= 0.3 is 0 Å². The molecule has 0 radical (unpaired) electrons. The van der Waals surface area contributed by atoms with Crippen molar-refractivity contribution >= 4 is 0 Å². The normalized spacial score (nSPS) is 28.4. The summed E-state index contributed by atoms with van der Waals surface area (Å²) >= 11 is 0. The predicted molar refractivity (Wildman–Crippen MR) is 87.6 cm³/mol. The summed E-state index contributed by atoms with van der Waals surface area (Å²) in [5, 5.41) is 21.2. The molecule has 2 aliphatic rings. The van der Waals surface area contributed by atoms with E-state index in [1.165, 1.54) is 0 Å². The SMILES string of the molecule is CNC1=C(NC)C(O)(c2ccccc2C2OCCO2)CC1NC. The third-order valence-electron chi connectivity index (χ3n) is 4.68. The number of aliphatic hydroxyl groups is 1. The van der Waals surface area contributed by atoms with Crippen LogP contribution in [0.2, 0.25) is 0 Å². The maximum Gasteiger partial charge on any atom is 0.184 e. The Kier molecular flexibility index (Phi) is 4.59. The van der Waals surface area contributed by atoms with Gasteiger partial charge in [-0.05, 0) is 12.6 Å². The molecule has 23 heavy (non-hydrogen) atoms. The lowest BCUT2D eigenvalue weighted by atomic mass is 9.86. The highest BCUT2D eigenvalue weighted by molar-refractivity contribution is 5.45. The average molecular weight is 319 g/mol. The molecule has 6 nitrogen and oxygen atoms in total.